The summed E-state index contributed by atoms with van der Waals surface area (Å²) in [6, 6.07) is 14.1. The monoisotopic (exact) mass is 288 g/mol. The van der Waals surface area contributed by atoms with E-state index in [2.05, 4.69) is 0 Å². The number of rotatable bonds is 3. The Bertz CT molecular complexity index is 594. The number of hydrogen-bond acceptors (Lipinski definition) is 3. The van der Waals surface area contributed by atoms with Gasteiger partial charge in [0.15, 0.2) is 0 Å². The zero-order chi connectivity index (χ0) is 14.8. The minimum Gasteiger partial charge on any atom is -0.394 e. The normalized spacial score (nSPS) is 25.2. The van der Waals surface area contributed by atoms with Crippen LogP contribution in [-0.2, 0) is 4.74 Å². The van der Waals surface area contributed by atoms with Crippen molar-refractivity contribution in [3.63, 3.8) is 0 Å². The molecule has 2 N–H and O–H groups in total. The van der Waals surface area contributed by atoms with E-state index in [4.69, 9.17) is 9.84 Å². The van der Waals surface area contributed by atoms with Gasteiger partial charge in [-0.1, -0.05) is 36.4 Å². The molecule has 2 aromatic carbocycles. The van der Waals surface area contributed by atoms with Crippen molar-refractivity contribution in [1.82, 2.24) is 0 Å². The molecular formula is C17H17FO3. The molecular weight excluding hydrogens is 271 g/mol. The standard InChI is InChI=1S/C17H17FO3/c18-14-7-5-12(6-8-14)11-1-3-13(4-2-11)16-9-15(20)17(10-19)21-16/h1-8,15-17,19-20H,9-10H2/t15-,16+,17+/m0/s1. The first-order valence-corrected chi connectivity index (χ1v) is 6.97. The van der Waals surface area contributed by atoms with Gasteiger partial charge in [-0.3, -0.25) is 0 Å². The summed E-state index contributed by atoms with van der Waals surface area (Å²) in [6.07, 6.45) is -0.843. The fraction of sp³-hybridized carbons (Fsp3) is 0.294. The molecule has 0 spiro atoms. The Morgan fingerprint density at radius 2 is 1.57 bits per heavy atom. The second-order valence-electron chi connectivity index (χ2n) is 5.28. The van der Waals surface area contributed by atoms with Gasteiger partial charge in [0, 0.05) is 6.42 Å². The Labute approximate surface area is 122 Å². The number of benzene rings is 2. The highest BCUT2D eigenvalue weighted by Gasteiger charge is 2.34. The molecule has 0 saturated carbocycles. The number of aliphatic hydroxyl groups is 2. The average molecular weight is 288 g/mol. The van der Waals surface area contributed by atoms with Crippen LogP contribution in [0.5, 0.6) is 0 Å². The van der Waals surface area contributed by atoms with Crippen LogP contribution >= 0.6 is 0 Å². The van der Waals surface area contributed by atoms with Gasteiger partial charge in [-0.2, -0.15) is 0 Å². The van der Waals surface area contributed by atoms with Crippen LogP contribution < -0.4 is 0 Å². The van der Waals surface area contributed by atoms with Crippen LogP contribution in [0.25, 0.3) is 11.1 Å². The Balaban J connectivity index is 1.77. The summed E-state index contributed by atoms with van der Waals surface area (Å²) in [5.74, 6) is -0.251. The van der Waals surface area contributed by atoms with Crippen LogP contribution in [0, 0.1) is 5.82 Å². The number of hydrogen-bond donors (Lipinski definition) is 2. The molecule has 3 nitrogen and oxygen atoms in total. The highest BCUT2D eigenvalue weighted by molar-refractivity contribution is 5.63. The molecule has 0 radical (unpaired) electrons. The Hall–Kier alpha value is -1.75. The van der Waals surface area contributed by atoms with Crippen molar-refractivity contribution in [2.24, 2.45) is 0 Å². The van der Waals surface area contributed by atoms with Gasteiger partial charge in [0.1, 0.15) is 11.9 Å². The van der Waals surface area contributed by atoms with Crippen LogP contribution in [0.3, 0.4) is 0 Å². The first-order chi connectivity index (χ1) is 10.2. The lowest BCUT2D eigenvalue weighted by atomic mass is 10.00. The van der Waals surface area contributed by atoms with Crippen LogP contribution in [0.4, 0.5) is 4.39 Å². The second-order valence-corrected chi connectivity index (χ2v) is 5.28. The van der Waals surface area contributed by atoms with Crippen molar-refractivity contribution in [3.05, 3.63) is 59.9 Å². The van der Waals surface area contributed by atoms with Crippen molar-refractivity contribution in [1.29, 1.82) is 0 Å². The maximum Gasteiger partial charge on any atom is 0.123 e. The van der Waals surface area contributed by atoms with E-state index in [0.717, 1.165) is 16.7 Å². The van der Waals surface area contributed by atoms with Gasteiger partial charge in [0.2, 0.25) is 0 Å². The summed E-state index contributed by atoms with van der Waals surface area (Å²) in [6.45, 7) is -0.175. The predicted octanol–water partition coefficient (Wildman–Crippen LogP) is 2.68. The van der Waals surface area contributed by atoms with Crippen LogP contribution in [0.2, 0.25) is 0 Å². The highest BCUT2D eigenvalue weighted by atomic mass is 19.1. The number of aliphatic hydroxyl groups excluding tert-OH is 2. The Morgan fingerprint density at radius 3 is 2.10 bits per heavy atom. The van der Waals surface area contributed by atoms with Crippen molar-refractivity contribution in [2.45, 2.75) is 24.7 Å². The molecule has 110 valence electrons. The summed E-state index contributed by atoms with van der Waals surface area (Å²) in [5.41, 5.74) is 2.91. The molecule has 21 heavy (non-hydrogen) atoms. The lowest BCUT2D eigenvalue weighted by Crippen LogP contribution is -2.24. The SMILES string of the molecule is OC[C@H]1O[C@@H](c2ccc(-c3ccc(F)cc3)cc2)C[C@@H]1O. The van der Waals surface area contributed by atoms with Crippen molar-refractivity contribution < 1.29 is 19.3 Å². The molecule has 1 fully saturated rings. The molecule has 1 aliphatic rings. The summed E-state index contributed by atoms with van der Waals surface area (Å²) in [5, 5.41) is 18.9. The number of halogens is 1. The summed E-state index contributed by atoms with van der Waals surface area (Å²) in [7, 11) is 0. The lowest BCUT2D eigenvalue weighted by Gasteiger charge is -2.13. The minimum absolute atomic E-state index is 0.175. The average Bonchev–Trinajstić information content (AvgIpc) is 2.89. The van der Waals surface area contributed by atoms with E-state index in [0.29, 0.717) is 6.42 Å². The zero-order valence-corrected chi connectivity index (χ0v) is 11.4. The zero-order valence-electron chi connectivity index (χ0n) is 11.4. The van der Waals surface area contributed by atoms with Crippen LogP contribution in [0.15, 0.2) is 48.5 Å². The fourth-order valence-electron chi connectivity index (χ4n) is 2.64. The molecule has 4 heteroatoms. The Kier molecular flexibility index (Phi) is 4.01. The highest BCUT2D eigenvalue weighted by Crippen LogP contribution is 2.33. The molecule has 1 saturated heterocycles. The molecule has 0 aliphatic carbocycles. The van der Waals surface area contributed by atoms with E-state index >= 15 is 0 Å². The predicted molar refractivity (Wildman–Crippen MR) is 77.2 cm³/mol. The first-order valence-electron chi connectivity index (χ1n) is 6.97. The first kappa shape index (κ1) is 14.2. The van der Waals surface area contributed by atoms with Gasteiger partial charge in [-0.15, -0.1) is 0 Å². The molecule has 2 aromatic rings. The molecule has 0 aromatic heterocycles. The van der Waals surface area contributed by atoms with Gasteiger partial charge >= 0.3 is 0 Å². The molecule has 0 amide bonds. The maximum absolute atomic E-state index is 12.9. The van der Waals surface area contributed by atoms with E-state index in [-0.39, 0.29) is 18.5 Å². The third-order valence-electron chi connectivity index (χ3n) is 3.86. The second kappa shape index (κ2) is 5.93. The topological polar surface area (TPSA) is 49.7 Å². The molecule has 1 aliphatic heterocycles. The van der Waals surface area contributed by atoms with Crippen molar-refractivity contribution >= 4 is 0 Å². The molecule has 3 rings (SSSR count). The van der Waals surface area contributed by atoms with Gasteiger partial charge < -0.3 is 14.9 Å². The summed E-state index contributed by atoms with van der Waals surface area (Å²) < 4.78 is 18.5. The smallest absolute Gasteiger partial charge is 0.123 e. The minimum atomic E-state index is -0.628. The van der Waals surface area contributed by atoms with E-state index in [1.54, 1.807) is 12.1 Å². The third kappa shape index (κ3) is 2.97. The van der Waals surface area contributed by atoms with Crippen LogP contribution in [-0.4, -0.2) is 29.0 Å². The van der Waals surface area contributed by atoms with Gasteiger partial charge in [-0.05, 0) is 28.8 Å². The maximum atomic E-state index is 12.9. The fourth-order valence-corrected chi connectivity index (χ4v) is 2.64. The quantitative estimate of drug-likeness (QED) is 0.913. The summed E-state index contributed by atoms with van der Waals surface area (Å²) >= 11 is 0. The van der Waals surface area contributed by atoms with E-state index < -0.39 is 12.2 Å². The van der Waals surface area contributed by atoms with Crippen molar-refractivity contribution in [3.8, 4) is 11.1 Å². The third-order valence-corrected chi connectivity index (χ3v) is 3.86. The van der Waals surface area contributed by atoms with Crippen molar-refractivity contribution in [2.75, 3.05) is 6.61 Å². The summed E-state index contributed by atoms with van der Waals surface area (Å²) in [4.78, 5) is 0. The molecule has 0 unspecified atom stereocenters. The Morgan fingerprint density at radius 1 is 1.00 bits per heavy atom. The van der Waals surface area contributed by atoms with E-state index in [1.165, 1.54) is 12.1 Å². The number of ether oxygens (including phenoxy) is 1. The van der Waals surface area contributed by atoms with E-state index in [9.17, 15) is 9.50 Å². The molecule has 0 bridgehead atoms. The van der Waals surface area contributed by atoms with Crippen LogP contribution in [0.1, 0.15) is 18.1 Å². The molecule has 1 heterocycles. The largest absolute Gasteiger partial charge is 0.394 e. The van der Waals surface area contributed by atoms with Gasteiger partial charge in [0.25, 0.3) is 0 Å². The lowest BCUT2D eigenvalue weighted by molar-refractivity contribution is -0.0225. The van der Waals surface area contributed by atoms with E-state index in [1.807, 2.05) is 24.3 Å². The van der Waals surface area contributed by atoms with Gasteiger partial charge in [0.05, 0.1) is 18.8 Å². The molecule has 3 atom stereocenters. The van der Waals surface area contributed by atoms with Gasteiger partial charge in [-0.25, -0.2) is 4.39 Å².